The zero-order valence-electron chi connectivity index (χ0n) is 18.7. The fraction of sp³-hybridized carbons (Fsp3) is 0.148. The van der Waals surface area contributed by atoms with E-state index in [1.54, 1.807) is 36.4 Å². The second-order valence-electron chi connectivity index (χ2n) is 7.92. The van der Waals surface area contributed by atoms with Gasteiger partial charge in [0, 0.05) is 5.69 Å². The van der Waals surface area contributed by atoms with Crippen LogP contribution in [0, 0.1) is 6.92 Å². The number of carbonyl (C=O) groups excluding carboxylic acids is 1. The summed E-state index contributed by atoms with van der Waals surface area (Å²) in [7, 11) is -3.95. The van der Waals surface area contributed by atoms with Crippen molar-refractivity contribution in [1.82, 2.24) is 0 Å². The lowest BCUT2D eigenvalue weighted by molar-refractivity contribution is -0.114. The number of aryl methyl sites for hydroxylation is 2. The molecule has 6 heteroatoms. The number of rotatable bonds is 7. The van der Waals surface area contributed by atoms with Gasteiger partial charge < -0.3 is 5.32 Å². The number of fused-ring (bicyclic) bond motifs is 1. The van der Waals surface area contributed by atoms with Gasteiger partial charge in [-0.15, -0.1) is 0 Å². The number of anilines is 2. The highest BCUT2D eigenvalue weighted by Crippen LogP contribution is 2.28. The highest BCUT2D eigenvalue weighted by atomic mass is 32.2. The predicted octanol–water partition coefficient (Wildman–Crippen LogP) is 5.54. The van der Waals surface area contributed by atoms with E-state index in [-0.39, 0.29) is 11.4 Å². The quantitative estimate of drug-likeness (QED) is 0.395. The van der Waals surface area contributed by atoms with Gasteiger partial charge >= 0.3 is 0 Å². The van der Waals surface area contributed by atoms with Gasteiger partial charge in [-0.25, -0.2) is 8.42 Å². The summed E-state index contributed by atoms with van der Waals surface area (Å²) in [6.07, 6.45) is 0.641. The van der Waals surface area contributed by atoms with Crippen LogP contribution in [0.1, 0.15) is 18.1 Å². The Labute approximate surface area is 194 Å². The maximum absolute atomic E-state index is 13.6. The third kappa shape index (κ3) is 4.91. The van der Waals surface area contributed by atoms with Crippen LogP contribution in [0.5, 0.6) is 0 Å². The number of sulfonamides is 1. The number of benzene rings is 4. The number of amides is 1. The summed E-state index contributed by atoms with van der Waals surface area (Å²) < 4.78 is 28.4. The molecular formula is C27H26N2O3S. The third-order valence-corrected chi connectivity index (χ3v) is 7.34. The van der Waals surface area contributed by atoms with E-state index in [4.69, 9.17) is 0 Å². The Morgan fingerprint density at radius 3 is 2.24 bits per heavy atom. The van der Waals surface area contributed by atoms with E-state index >= 15 is 0 Å². The van der Waals surface area contributed by atoms with E-state index < -0.39 is 15.9 Å². The first-order valence-electron chi connectivity index (χ1n) is 10.8. The zero-order valence-corrected chi connectivity index (χ0v) is 19.5. The summed E-state index contributed by atoms with van der Waals surface area (Å²) in [4.78, 5) is 13.2. The van der Waals surface area contributed by atoms with Crippen molar-refractivity contribution in [2.24, 2.45) is 0 Å². The highest BCUT2D eigenvalue weighted by Gasteiger charge is 2.28. The molecule has 0 aliphatic carbocycles. The third-order valence-electron chi connectivity index (χ3n) is 5.57. The van der Waals surface area contributed by atoms with E-state index in [1.165, 1.54) is 4.31 Å². The molecule has 0 fully saturated rings. The number of hydrogen-bond acceptors (Lipinski definition) is 3. The van der Waals surface area contributed by atoms with E-state index in [2.05, 4.69) is 5.32 Å². The van der Waals surface area contributed by atoms with Gasteiger partial charge in [-0.3, -0.25) is 9.10 Å². The summed E-state index contributed by atoms with van der Waals surface area (Å²) in [5.41, 5.74) is 2.94. The van der Waals surface area contributed by atoms with Crippen LogP contribution in [0.25, 0.3) is 10.8 Å². The fourth-order valence-corrected chi connectivity index (χ4v) is 5.25. The van der Waals surface area contributed by atoms with Gasteiger partial charge in [-0.05, 0) is 60.0 Å². The van der Waals surface area contributed by atoms with Crippen LogP contribution in [0.4, 0.5) is 11.4 Å². The monoisotopic (exact) mass is 458 g/mol. The van der Waals surface area contributed by atoms with Crippen molar-refractivity contribution >= 4 is 38.1 Å². The molecule has 0 aromatic heterocycles. The lowest BCUT2D eigenvalue weighted by Gasteiger charge is -2.26. The fourth-order valence-electron chi connectivity index (χ4n) is 3.79. The summed E-state index contributed by atoms with van der Waals surface area (Å²) in [6.45, 7) is 3.53. The molecular weight excluding hydrogens is 432 g/mol. The Morgan fingerprint density at radius 1 is 0.848 bits per heavy atom. The Balaban J connectivity index is 1.68. The maximum atomic E-state index is 13.6. The van der Waals surface area contributed by atoms with Gasteiger partial charge in [0.15, 0.2) is 0 Å². The second kappa shape index (κ2) is 9.46. The Hall–Kier alpha value is -3.64. The van der Waals surface area contributed by atoms with Crippen molar-refractivity contribution in [1.29, 1.82) is 0 Å². The molecule has 5 nitrogen and oxygen atoms in total. The molecule has 0 heterocycles. The molecule has 168 valence electrons. The number of hydrogen-bond donors (Lipinski definition) is 1. The van der Waals surface area contributed by atoms with Gasteiger partial charge in [-0.2, -0.15) is 0 Å². The van der Waals surface area contributed by atoms with E-state index in [1.807, 2.05) is 68.4 Å². The van der Waals surface area contributed by atoms with Crippen LogP contribution in [0.15, 0.2) is 95.9 Å². The minimum atomic E-state index is -3.95. The normalized spacial score (nSPS) is 11.3. The average Bonchev–Trinajstić information content (AvgIpc) is 2.82. The molecule has 0 unspecified atom stereocenters. The molecule has 0 radical (unpaired) electrons. The molecule has 0 saturated carbocycles. The SMILES string of the molecule is CCc1ccccc1N(CC(=O)Nc1ccc2ccccc2c1)S(=O)(=O)c1ccc(C)cc1. The van der Waals surface area contributed by atoms with E-state index in [0.29, 0.717) is 17.8 Å². The molecule has 0 saturated heterocycles. The van der Waals surface area contributed by atoms with E-state index in [0.717, 1.165) is 21.9 Å². The van der Waals surface area contributed by atoms with Crippen LogP contribution in [0.2, 0.25) is 0 Å². The molecule has 0 spiro atoms. The summed E-state index contributed by atoms with van der Waals surface area (Å²) >= 11 is 0. The molecule has 4 rings (SSSR count). The second-order valence-corrected chi connectivity index (χ2v) is 9.78. The number of nitrogens with zero attached hydrogens (tertiary/aromatic N) is 1. The first-order valence-corrected chi connectivity index (χ1v) is 12.3. The highest BCUT2D eigenvalue weighted by molar-refractivity contribution is 7.92. The minimum absolute atomic E-state index is 0.150. The topological polar surface area (TPSA) is 66.5 Å². The summed E-state index contributed by atoms with van der Waals surface area (Å²) in [5, 5.41) is 4.92. The van der Waals surface area contributed by atoms with Gasteiger partial charge in [0.1, 0.15) is 6.54 Å². The van der Waals surface area contributed by atoms with Crippen molar-refractivity contribution < 1.29 is 13.2 Å². The van der Waals surface area contributed by atoms with Crippen molar-refractivity contribution in [3.63, 3.8) is 0 Å². The number of nitrogens with one attached hydrogen (secondary N) is 1. The number of carbonyl (C=O) groups is 1. The zero-order chi connectivity index (χ0) is 23.4. The number of para-hydroxylation sites is 1. The standard InChI is InChI=1S/C27H26N2O3S/c1-3-21-8-6-7-11-26(21)29(33(31,32)25-16-12-20(2)13-17-25)19-27(30)28-24-15-14-22-9-4-5-10-23(22)18-24/h4-18H,3,19H2,1-2H3,(H,28,30). The smallest absolute Gasteiger partial charge is 0.264 e. The largest absolute Gasteiger partial charge is 0.324 e. The molecule has 1 amide bonds. The van der Waals surface area contributed by atoms with Gasteiger partial charge in [0.25, 0.3) is 10.0 Å². The predicted molar refractivity (Wildman–Crippen MR) is 134 cm³/mol. The molecule has 4 aromatic rings. The van der Waals surface area contributed by atoms with Gasteiger partial charge in [-0.1, -0.05) is 73.2 Å². The van der Waals surface area contributed by atoms with Crippen molar-refractivity contribution in [3.05, 3.63) is 102 Å². The van der Waals surface area contributed by atoms with Crippen LogP contribution >= 0.6 is 0 Å². The molecule has 0 aliphatic rings. The first-order chi connectivity index (χ1) is 15.9. The molecule has 1 N–H and O–H groups in total. The Bertz CT molecular complexity index is 1400. The summed E-state index contributed by atoms with van der Waals surface area (Å²) in [6, 6.07) is 27.4. The van der Waals surface area contributed by atoms with Gasteiger partial charge in [0.2, 0.25) is 5.91 Å². The Morgan fingerprint density at radius 2 is 1.52 bits per heavy atom. The maximum Gasteiger partial charge on any atom is 0.264 e. The van der Waals surface area contributed by atoms with Crippen molar-refractivity contribution in [2.45, 2.75) is 25.2 Å². The minimum Gasteiger partial charge on any atom is -0.324 e. The average molecular weight is 459 g/mol. The molecule has 33 heavy (non-hydrogen) atoms. The molecule has 4 aromatic carbocycles. The van der Waals surface area contributed by atoms with Crippen LogP contribution in [0.3, 0.4) is 0 Å². The molecule has 0 atom stereocenters. The first kappa shape index (κ1) is 22.6. The van der Waals surface area contributed by atoms with Crippen LogP contribution in [-0.2, 0) is 21.2 Å². The lowest BCUT2D eigenvalue weighted by atomic mass is 10.1. The lowest BCUT2D eigenvalue weighted by Crippen LogP contribution is -2.38. The molecule has 0 bridgehead atoms. The van der Waals surface area contributed by atoms with E-state index in [9.17, 15) is 13.2 Å². The van der Waals surface area contributed by atoms with Crippen molar-refractivity contribution in [3.8, 4) is 0 Å². The van der Waals surface area contributed by atoms with Crippen LogP contribution < -0.4 is 9.62 Å². The van der Waals surface area contributed by atoms with Crippen molar-refractivity contribution in [2.75, 3.05) is 16.2 Å². The van der Waals surface area contributed by atoms with Gasteiger partial charge in [0.05, 0.1) is 10.6 Å². The molecule has 0 aliphatic heterocycles. The summed E-state index contributed by atoms with van der Waals surface area (Å²) in [5.74, 6) is -0.410. The van der Waals surface area contributed by atoms with Crippen LogP contribution in [-0.4, -0.2) is 20.9 Å². The Kier molecular flexibility index (Phi) is 6.47.